The van der Waals surface area contributed by atoms with Gasteiger partial charge in [0.25, 0.3) is 0 Å². The van der Waals surface area contributed by atoms with Crippen molar-refractivity contribution in [2.24, 2.45) is 5.92 Å². The first-order valence-corrected chi connectivity index (χ1v) is 12.3. The Morgan fingerprint density at radius 2 is 1.58 bits per heavy atom. The van der Waals surface area contributed by atoms with Gasteiger partial charge < -0.3 is 23.4 Å². The fourth-order valence-corrected chi connectivity index (χ4v) is 6.39. The normalized spacial score (nSPS) is 28.1. The monoisotopic (exact) mass is 362 g/mol. The fourth-order valence-electron chi connectivity index (χ4n) is 3.70. The Bertz CT molecular complexity index is 374. The number of hydrogen-bond acceptors (Lipinski definition) is 5. The third-order valence-corrected chi connectivity index (χ3v) is 7.38. The molecule has 1 rings (SSSR count). The van der Waals surface area contributed by atoms with Crippen LogP contribution >= 0.6 is 0 Å². The van der Waals surface area contributed by atoms with Crippen molar-refractivity contribution in [3.05, 3.63) is 0 Å². The second kappa shape index (κ2) is 9.10. The highest BCUT2D eigenvalue weighted by molar-refractivity contribution is 6.71. The SMILES string of the molecule is CCC(OC(C)OC(C)OC(C)OC)C1CC[Si](C)(C)OC1(C)C. The average Bonchev–Trinajstić information content (AvgIpc) is 2.43. The minimum absolute atomic E-state index is 0.118. The van der Waals surface area contributed by atoms with E-state index < -0.39 is 8.32 Å². The van der Waals surface area contributed by atoms with Gasteiger partial charge in [-0.1, -0.05) is 6.92 Å². The Morgan fingerprint density at radius 1 is 1.04 bits per heavy atom. The third-order valence-electron chi connectivity index (χ3n) is 4.81. The Labute approximate surface area is 149 Å². The van der Waals surface area contributed by atoms with Crippen molar-refractivity contribution in [3.8, 4) is 0 Å². The molecule has 0 bridgehead atoms. The van der Waals surface area contributed by atoms with E-state index in [-0.39, 0.29) is 30.6 Å². The van der Waals surface area contributed by atoms with E-state index in [1.165, 1.54) is 6.04 Å². The summed E-state index contributed by atoms with van der Waals surface area (Å²) in [5.41, 5.74) is -0.152. The standard InChI is InChI=1S/C18H38O5Si/c1-10-17(16-11-12-24(8,9)23-18(16,5)6)22-15(4)21-14(3)20-13(2)19-7/h13-17H,10-12H2,1-9H3. The van der Waals surface area contributed by atoms with Gasteiger partial charge in [0.1, 0.15) is 0 Å². The van der Waals surface area contributed by atoms with E-state index in [1.54, 1.807) is 7.11 Å². The van der Waals surface area contributed by atoms with Crippen LogP contribution < -0.4 is 0 Å². The maximum Gasteiger partial charge on any atom is 0.187 e. The van der Waals surface area contributed by atoms with Gasteiger partial charge in [-0.15, -0.1) is 0 Å². The van der Waals surface area contributed by atoms with Crippen molar-refractivity contribution in [3.63, 3.8) is 0 Å². The van der Waals surface area contributed by atoms with E-state index in [9.17, 15) is 0 Å². The molecule has 1 aliphatic heterocycles. The Balaban J connectivity index is 2.60. The first-order chi connectivity index (χ1) is 11.0. The summed E-state index contributed by atoms with van der Waals surface area (Å²) in [6, 6.07) is 1.18. The molecule has 0 spiro atoms. The first-order valence-electron chi connectivity index (χ1n) is 9.20. The van der Waals surface area contributed by atoms with E-state index in [4.69, 9.17) is 23.4 Å². The quantitative estimate of drug-likeness (QED) is 0.446. The minimum atomic E-state index is -1.54. The van der Waals surface area contributed by atoms with Crippen LogP contribution in [0.2, 0.25) is 19.1 Å². The summed E-state index contributed by atoms with van der Waals surface area (Å²) in [5.74, 6) is 0.378. The van der Waals surface area contributed by atoms with Gasteiger partial charge in [0.15, 0.2) is 27.2 Å². The summed E-state index contributed by atoms with van der Waals surface area (Å²) in [5, 5.41) is 0. The van der Waals surface area contributed by atoms with Crippen molar-refractivity contribution in [1.82, 2.24) is 0 Å². The second-order valence-electron chi connectivity index (χ2n) is 7.90. The van der Waals surface area contributed by atoms with Crippen LogP contribution in [-0.2, 0) is 23.4 Å². The highest BCUT2D eigenvalue weighted by Crippen LogP contribution is 2.41. The van der Waals surface area contributed by atoms with Gasteiger partial charge >= 0.3 is 0 Å². The molecule has 24 heavy (non-hydrogen) atoms. The topological polar surface area (TPSA) is 46.2 Å². The zero-order valence-electron chi connectivity index (χ0n) is 17.0. The molecule has 1 aliphatic rings. The van der Waals surface area contributed by atoms with E-state index in [0.717, 1.165) is 12.8 Å². The zero-order valence-corrected chi connectivity index (χ0v) is 18.0. The lowest BCUT2D eigenvalue weighted by molar-refractivity contribution is -0.289. The minimum Gasteiger partial charge on any atom is -0.412 e. The van der Waals surface area contributed by atoms with Crippen molar-refractivity contribution < 1.29 is 23.4 Å². The number of rotatable bonds is 9. The third kappa shape index (κ3) is 6.73. The van der Waals surface area contributed by atoms with E-state index in [0.29, 0.717) is 5.92 Å². The zero-order chi connectivity index (χ0) is 18.5. The number of hydrogen-bond donors (Lipinski definition) is 0. The predicted octanol–water partition coefficient (Wildman–Crippen LogP) is 4.52. The highest BCUT2D eigenvalue weighted by Gasteiger charge is 2.45. The maximum atomic E-state index is 6.46. The van der Waals surface area contributed by atoms with Crippen LogP contribution in [-0.4, -0.2) is 46.0 Å². The van der Waals surface area contributed by atoms with E-state index in [2.05, 4.69) is 33.9 Å². The van der Waals surface area contributed by atoms with Crippen molar-refractivity contribution >= 4 is 8.32 Å². The summed E-state index contributed by atoms with van der Waals surface area (Å²) >= 11 is 0. The summed E-state index contributed by atoms with van der Waals surface area (Å²) < 4.78 is 29.1. The molecule has 0 aromatic heterocycles. The Hall–Kier alpha value is 0.0169. The molecule has 0 amide bonds. The van der Waals surface area contributed by atoms with Crippen molar-refractivity contribution in [1.29, 1.82) is 0 Å². The van der Waals surface area contributed by atoms with Crippen LogP contribution in [0, 0.1) is 5.92 Å². The lowest BCUT2D eigenvalue weighted by Crippen LogP contribution is -2.54. The summed E-state index contributed by atoms with van der Waals surface area (Å²) in [7, 11) is 0.0757. The molecule has 0 aromatic rings. The number of ether oxygens (including phenoxy) is 4. The number of methoxy groups -OCH3 is 1. The van der Waals surface area contributed by atoms with Gasteiger partial charge in [-0.3, -0.25) is 0 Å². The molecule has 5 nitrogen and oxygen atoms in total. The van der Waals surface area contributed by atoms with Crippen LogP contribution in [0.15, 0.2) is 0 Å². The van der Waals surface area contributed by atoms with Gasteiger partial charge in [-0.25, -0.2) is 0 Å². The smallest absolute Gasteiger partial charge is 0.187 e. The molecule has 0 saturated carbocycles. The van der Waals surface area contributed by atoms with Gasteiger partial charge in [0.2, 0.25) is 0 Å². The average molecular weight is 363 g/mol. The summed E-state index contributed by atoms with van der Waals surface area (Å²) in [6.45, 7) is 16.8. The largest absolute Gasteiger partial charge is 0.412 e. The Kier molecular flexibility index (Phi) is 8.36. The molecule has 1 heterocycles. The van der Waals surface area contributed by atoms with Crippen LogP contribution in [0.5, 0.6) is 0 Å². The van der Waals surface area contributed by atoms with Crippen LogP contribution in [0.25, 0.3) is 0 Å². The Morgan fingerprint density at radius 3 is 2.08 bits per heavy atom. The molecule has 0 radical (unpaired) electrons. The van der Waals surface area contributed by atoms with Gasteiger partial charge in [0, 0.05) is 13.0 Å². The molecule has 6 heteroatoms. The van der Waals surface area contributed by atoms with Crippen LogP contribution in [0.1, 0.15) is 54.4 Å². The van der Waals surface area contributed by atoms with Crippen LogP contribution in [0.4, 0.5) is 0 Å². The molecule has 5 unspecified atom stereocenters. The first kappa shape index (κ1) is 22.1. The molecule has 1 fully saturated rings. The van der Waals surface area contributed by atoms with Gasteiger partial charge in [0.05, 0.1) is 11.7 Å². The maximum absolute atomic E-state index is 6.46. The highest BCUT2D eigenvalue weighted by atomic mass is 28.4. The lowest BCUT2D eigenvalue weighted by atomic mass is 9.82. The summed E-state index contributed by atoms with van der Waals surface area (Å²) in [6.07, 6.45) is 1.20. The lowest BCUT2D eigenvalue weighted by Gasteiger charge is -2.49. The molecule has 0 aromatic carbocycles. The molecular weight excluding hydrogens is 324 g/mol. The van der Waals surface area contributed by atoms with Gasteiger partial charge in [-0.05, 0) is 66.6 Å². The second-order valence-corrected chi connectivity index (χ2v) is 12.1. The molecule has 0 aliphatic carbocycles. The fraction of sp³-hybridized carbons (Fsp3) is 1.00. The van der Waals surface area contributed by atoms with Gasteiger partial charge in [-0.2, -0.15) is 0 Å². The molecule has 0 N–H and O–H groups in total. The molecular formula is C18H38O5Si. The molecule has 1 saturated heterocycles. The molecule has 5 atom stereocenters. The summed E-state index contributed by atoms with van der Waals surface area (Å²) in [4.78, 5) is 0. The van der Waals surface area contributed by atoms with E-state index >= 15 is 0 Å². The predicted molar refractivity (Wildman–Crippen MR) is 98.3 cm³/mol. The van der Waals surface area contributed by atoms with E-state index in [1.807, 2.05) is 20.8 Å². The molecule has 144 valence electrons. The van der Waals surface area contributed by atoms with Crippen LogP contribution in [0.3, 0.4) is 0 Å². The van der Waals surface area contributed by atoms with Crippen molar-refractivity contribution in [2.75, 3.05) is 7.11 Å². The van der Waals surface area contributed by atoms with Crippen molar-refractivity contribution in [2.45, 2.75) is 104 Å².